The number of nitrogens with zero attached hydrogens (tertiary/aromatic N) is 2. The number of esters is 1. The molecular formula is C17H22N2O5. The van der Waals surface area contributed by atoms with Crippen LogP contribution in [0.25, 0.3) is 0 Å². The lowest BCUT2D eigenvalue weighted by atomic mass is 9.96. The first-order valence-corrected chi connectivity index (χ1v) is 7.53. The molecule has 2 rings (SSSR count). The third-order valence-electron chi connectivity index (χ3n) is 3.36. The number of hydrogen-bond donors (Lipinski definition) is 0. The van der Waals surface area contributed by atoms with E-state index in [9.17, 15) is 4.79 Å². The Morgan fingerprint density at radius 3 is 2.38 bits per heavy atom. The topological polar surface area (TPSA) is 83.7 Å². The molecule has 0 saturated carbocycles. The fraction of sp³-hybridized carbons (Fsp3) is 0.471. The number of carbonyl (C=O) groups excluding carboxylic acids is 1. The van der Waals surface area contributed by atoms with Crippen molar-refractivity contribution in [1.82, 2.24) is 10.1 Å². The highest BCUT2D eigenvalue weighted by molar-refractivity contribution is 5.90. The molecule has 0 radical (unpaired) electrons. The average Bonchev–Trinajstić information content (AvgIpc) is 3.04. The molecule has 1 atom stereocenters. The molecule has 7 heteroatoms. The zero-order valence-corrected chi connectivity index (χ0v) is 14.7. The van der Waals surface area contributed by atoms with Crippen LogP contribution in [0, 0.1) is 0 Å². The quantitative estimate of drug-likeness (QED) is 0.776. The second kappa shape index (κ2) is 6.90. The molecule has 24 heavy (non-hydrogen) atoms. The van der Waals surface area contributed by atoms with Crippen molar-refractivity contribution in [1.29, 1.82) is 0 Å². The summed E-state index contributed by atoms with van der Waals surface area (Å²) in [7, 11) is 3.03. The third kappa shape index (κ3) is 3.84. The molecule has 0 N–H and O–H groups in total. The van der Waals surface area contributed by atoms with Gasteiger partial charge in [0.05, 0.1) is 19.8 Å². The van der Waals surface area contributed by atoms with Crippen molar-refractivity contribution in [2.24, 2.45) is 0 Å². The third-order valence-corrected chi connectivity index (χ3v) is 3.36. The molecule has 0 fully saturated rings. The van der Waals surface area contributed by atoms with E-state index < -0.39 is 12.1 Å². The van der Waals surface area contributed by atoms with E-state index in [1.165, 1.54) is 14.2 Å². The van der Waals surface area contributed by atoms with Gasteiger partial charge < -0.3 is 18.7 Å². The summed E-state index contributed by atoms with van der Waals surface area (Å²) in [5.41, 5.74) is 0.101. The number of benzene rings is 1. The molecule has 1 heterocycles. The van der Waals surface area contributed by atoms with Gasteiger partial charge in [-0.2, -0.15) is 4.98 Å². The van der Waals surface area contributed by atoms with Crippen molar-refractivity contribution in [3.05, 3.63) is 35.5 Å². The van der Waals surface area contributed by atoms with Crippen LogP contribution in [0.3, 0.4) is 0 Å². The number of methoxy groups -OCH3 is 2. The van der Waals surface area contributed by atoms with Gasteiger partial charge in [0.25, 0.3) is 5.89 Å². The van der Waals surface area contributed by atoms with E-state index in [1.54, 1.807) is 25.1 Å². The largest absolute Gasteiger partial charge is 0.493 e. The Kier molecular flexibility index (Phi) is 5.11. The fourth-order valence-electron chi connectivity index (χ4n) is 1.95. The standard InChI is InChI=1S/C17H22N2O5/c1-10(14-18-16(19-24-14)17(2,3)4)23-15(20)11-7-8-12(21-5)13(9-11)22-6/h7-10H,1-6H3/t10-/m1/s1. The van der Waals surface area contributed by atoms with E-state index in [0.717, 1.165) is 0 Å². The van der Waals surface area contributed by atoms with E-state index in [0.29, 0.717) is 22.9 Å². The lowest BCUT2D eigenvalue weighted by Crippen LogP contribution is -2.14. The van der Waals surface area contributed by atoms with Crippen molar-refractivity contribution in [3.8, 4) is 11.5 Å². The summed E-state index contributed by atoms with van der Waals surface area (Å²) in [6, 6.07) is 4.80. The second-order valence-corrected chi connectivity index (χ2v) is 6.32. The van der Waals surface area contributed by atoms with Crippen molar-refractivity contribution in [2.75, 3.05) is 14.2 Å². The Balaban J connectivity index is 2.13. The highest BCUT2D eigenvalue weighted by atomic mass is 16.6. The van der Waals surface area contributed by atoms with Crippen LogP contribution in [-0.2, 0) is 10.2 Å². The Bertz CT molecular complexity index is 718. The molecule has 0 bridgehead atoms. The van der Waals surface area contributed by atoms with E-state index in [2.05, 4.69) is 10.1 Å². The molecule has 1 aromatic carbocycles. The zero-order chi connectivity index (χ0) is 17.9. The van der Waals surface area contributed by atoms with Crippen LogP contribution >= 0.6 is 0 Å². The summed E-state index contributed by atoms with van der Waals surface area (Å²) in [5, 5.41) is 3.92. The monoisotopic (exact) mass is 334 g/mol. The smallest absolute Gasteiger partial charge is 0.339 e. The molecule has 1 aromatic heterocycles. The predicted molar refractivity (Wildman–Crippen MR) is 86.4 cm³/mol. The van der Waals surface area contributed by atoms with Crippen LogP contribution in [0.4, 0.5) is 0 Å². The van der Waals surface area contributed by atoms with Gasteiger partial charge in [-0.3, -0.25) is 0 Å². The first-order valence-electron chi connectivity index (χ1n) is 7.53. The highest BCUT2D eigenvalue weighted by Crippen LogP contribution is 2.29. The molecule has 0 amide bonds. The summed E-state index contributed by atoms with van der Waals surface area (Å²) in [4.78, 5) is 16.6. The van der Waals surface area contributed by atoms with E-state index in [4.69, 9.17) is 18.7 Å². The van der Waals surface area contributed by atoms with Gasteiger partial charge in [-0.1, -0.05) is 25.9 Å². The van der Waals surface area contributed by atoms with E-state index in [1.807, 2.05) is 20.8 Å². The molecule has 0 saturated heterocycles. The Hall–Kier alpha value is -2.57. The number of hydrogen-bond acceptors (Lipinski definition) is 7. The second-order valence-electron chi connectivity index (χ2n) is 6.32. The van der Waals surface area contributed by atoms with Gasteiger partial charge in [0.2, 0.25) is 0 Å². The number of ether oxygens (including phenoxy) is 3. The predicted octanol–water partition coefficient (Wildman–Crippen LogP) is 3.30. The number of rotatable bonds is 5. The maximum atomic E-state index is 12.3. The van der Waals surface area contributed by atoms with Gasteiger partial charge >= 0.3 is 5.97 Å². The van der Waals surface area contributed by atoms with Gasteiger partial charge in [0.15, 0.2) is 23.4 Å². The minimum Gasteiger partial charge on any atom is -0.493 e. The summed E-state index contributed by atoms with van der Waals surface area (Å²) in [6.45, 7) is 7.60. The van der Waals surface area contributed by atoms with Crippen LogP contribution in [0.2, 0.25) is 0 Å². The highest BCUT2D eigenvalue weighted by Gasteiger charge is 2.25. The minimum atomic E-state index is -0.658. The summed E-state index contributed by atoms with van der Waals surface area (Å²) in [5.74, 6) is 1.29. The van der Waals surface area contributed by atoms with Crippen LogP contribution in [-0.4, -0.2) is 30.3 Å². The van der Waals surface area contributed by atoms with Gasteiger partial charge in [-0.05, 0) is 25.1 Å². The molecule has 7 nitrogen and oxygen atoms in total. The fourth-order valence-corrected chi connectivity index (χ4v) is 1.95. The van der Waals surface area contributed by atoms with Crippen molar-refractivity contribution in [3.63, 3.8) is 0 Å². The number of carbonyl (C=O) groups is 1. The number of aromatic nitrogens is 2. The zero-order valence-electron chi connectivity index (χ0n) is 14.7. The maximum absolute atomic E-state index is 12.3. The summed E-state index contributed by atoms with van der Waals surface area (Å²) < 4.78 is 20.9. The maximum Gasteiger partial charge on any atom is 0.339 e. The molecule has 0 aliphatic rings. The molecular weight excluding hydrogens is 312 g/mol. The molecule has 2 aromatic rings. The lowest BCUT2D eigenvalue weighted by molar-refractivity contribution is 0.0265. The molecule has 0 unspecified atom stereocenters. The first kappa shape index (κ1) is 17.8. The molecule has 0 aliphatic heterocycles. The van der Waals surface area contributed by atoms with Gasteiger partial charge in [0, 0.05) is 5.41 Å². The van der Waals surface area contributed by atoms with Crippen LogP contribution < -0.4 is 9.47 Å². The molecule has 0 aliphatic carbocycles. The van der Waals surface area contributed by atoms with Crippen molar-refractivity contribution < 1.29 is 23.5 Å². The van der Waals surface area contributed by atoms with Crippen LogP contribution in [0.15, 0.2) is 22.7 Å². The van der Waals surface area contributed by atoms with Crippen LogP contribution in [0.5, 0.6) is 11.5 Å². The summed E-state index contributed by atoms with van der Waals surface area (Å²) in [6.07, 6.45) is -0.658. The Morgan fingerprint density at radius 2 is 1.83 bits per heavy atom. The van der Waals surface area contributed by atoms with E-state index in [-0.39, 0.29) is 11.3 Å². The van der Waals surface area contributed by atoms with Gasteiger partial charge in [-0.15, -0.1) is 0 Å². The first-order chi connectivity index (χ1) is 11.3. The lowest BCUT2D eigenvalue weighted by Gasteiger charge is -2.12. The van der Waals surface area contributed by atoms with E-state index >= 15 is 0 Å². The van der Waals surface area contributed by atoms with Crippen molar-refractivity contribution >= 4 is 5.97 Å². The van der Waals surface area contributed by atoms with Gasteiger partial charge in [0.1, 0.15) is 0 Å². The molecule has 0 spiro atoms. The normalized spacial score (nSPS) is 12.6. The van der Waals surface area contributed by atoms with Crippen LogP contribution in [0.1, 0.15) is 55.9 Å². The SMILES string of the molecule is COc1ccc(C(=O)O[C@H](C)c2nc(C(C)(C)C)no2)cc1OC. The minimum absolute atomic E-state index is 0.241. The van der Waals surface area contributed by atoms with Gasteiger partial charge in [-0.25, -0.2) is 4.79 Å². The Morgan fingerprint density at radius 1 is 1.17 bits per heavy atom. The average molecular weight is 334 g/mol. The summed E-state index contributed by atoms with van der Waals surface area (Å²) >= 11 is 0. The Labute approximate surface area is 140 Å². The molecule has 130 valence electrons. The van der Waals surface area contributed by atoms with Crippen molar-refractivity contribution in [2.45, 2.75) is 39.2 Å².